The Labute approximate surface area is 148 Å². The Morgan fingerprint density at radius 2 is 1.75 bits per heavy atom. The molecule has 0 aliphatic carbocycles. The van der Waals surface area contributed by atoms with Gasteiger partial charge in [0.25, 0.3) is 0 Å². The summed E-state index contributed by atoms with van der Waals surface area (Å²) in [5.74, 6) is 0. The fourth-order valence-corrected chi connectivity index (χ4v) is 3.67. The van der Waals surface area contributed by atoms with Crippen LogP contribution in [0.5, 0.6) is 0 Å². The van der Waals surface area contributed by atoms with Crippen LogP contribution in [0.25, 0.3) is 27.6 Å². The van der Waals surface area contributed by atoms with E-state index in [-0.39, 0.29) is 0 Å². The van der Waals surface area contributed by atoms with Crippen LogP contribution in [0.2, 0.25) is 0 Å². The molecule has 0 spiro atoms. The summed E-state index contributed by atoms with van der Waals surface area (Å²) in [6.07, 6.45) is 4.13. The minimum Gasteiger partial charge on any atom is -0.402 e. The molecule has 122 valence electrons. The topological polar surface area (TPSA) is 26.0 Å². The van der Waals surface area contributed by atoms with E-state index >= 15 is 0 Å². The van der Waals surface area contributed by atoms with Crippen molar-refractivity contribution >= 4 is 17.4 Å². The molecule has 0 amide bonds. The summed E-state index contributed by atoms with van der Waals surface area (Å²) in [6, 6.07) is 19.5. The fourth-order valence-electron chi connectivity index (χ4n) is 2.94. The van der Waals surface area contributed by atoms with Crippen molar-refractivity contribution in [3.8, 4) is 21.6 Å². The third kappa shape index (κ3) is 3.60. The van der Waals surface area contributed by atoms with Gasteiger partial charge < -0.3 is 5.73 Å². The lowest BCUT2D eigenvalue weighted by Crippen LogP contribution is -1.97. The van der Waals surface area contributed by atoms with Gasteiger partial charge in [-0.05, 0) is 58.7 Å². The SMILES string of the molecule is CCC/C(N)=C/c1cccc(-c2ccc(-c3cccs3)cc2)c1C. The first-order valence-electron chi connectivity index (χ1n) is 8.39. The number of hydrogen-bond acceptors (Lipinski definition) is 2. The Kier molecular flexibility index (Phi) is 5.17. The molecule has 0 fully saturated rings. The van der Waals surface area contributed by atoms with E-state index < -0.39 is 0 Å². The average molecular weight is 334 g/mol. The number of allylic oxidation sites excluding steroid dienone is 1. The van der Waals surface area contributed by atoms with Crippen molar-refractivity contribution in [3.63, 3.8) is 0 Å². The largest absolute Gasteiger partial charge is 0.402 e. The zero-order chi connectivity index (χ0) is 16.9. The molecule has 3 rings (SSSR count). The number of benzene rings is 2. The van der Waals surface area contributed by atoms with Crippen molar-refractivity contribution in [2.75, 3.05) is 0 Å². The Balaban J connectivity index is 1.94. The molecule has 1 heterocycles. The van der Waals surface area contributed by atoms with Gasteiger partial charge in [-0.2, -0.15) is 0 Å². The Morgan fingerprint density at radius 1 is 1.00 bits per heavy atom. The van der Waals surface area contributed by atoms with Crippen molar-refractivity contribution in [1.82, 2.24) is 0 Å². The highest BCUT2D eigenvalue weighted by Crippen LogP contribution is 2.30. The molecule has 2 N–H and O–H groups in total. The second-order valence-electron chi connectivity index (χ2n) is 6.04. The predicted molar refractivity (Wildman–Crippen MR) is 107 cm³/mol. The molecule has 1 nitrogen and oxygen atoms in total. The van der Waals surface area contributed by atoms with Gasteiger partial charge in [0.05, 0.1) is 0 Å². The summed E-state index contributed by atoms with van der Waals surface area (Å²) < 4.78 is 0. The molecule has 0 radical (unpaired) electrons. The lowest BCUT2D eigenvalue weighted by molar-refractivity contribution is 0.899. The van der Waals surface area contributed by atoms with Crippen molar-refractivity contribution in [3.05, 3.63) is 76.8 Å². The van der Waals surface area contributed by atoms with Gasteiger partial charge >= 0.3 is 0 Å². The van der Waals surface area contributed by atoms with Crippen molar-refractivity contribution in [2.24, 2.45) is 5.73 Å². The van der Waals surface area contributed by atoms with Crippen LogP contribution in [0.1, 0.15) is 30.9 Å². The normalized spacial score (nSPS) is 11.7. The zero-order valence-electron chi connectivity index (χ0n) is 14.3. The third-order valence-electron chi connectivity index (χ3n) is 4.26. The van der Waals surface area contributed by atoms with Crippen LogP contribution in [0.4, 0.5) is 0 Å². The third-order valence-corrected chi connectivity index (χ3v) is 5.18. The fraction of sp³-hybridized carbons (Fsp3) is 0.182. The van der Waals surface area contributed by atoms with Crippen LogP contribution in [-0.4, -0.2) is 0 Å². The Morgan fingerprint density at radius 3 is 2.42 bits per heavy atom. The minimum atomic E-state index is 0.944. The maximum atomic E-state index is 6.11. The van der Waals surface area contributed by atoms with E-state index in [4.69, 9.17) is 5.73 Å². The first-order valence-corrected chi connectivity index (χ1v) is 9.27. The molecule has 0 atom stereocenters. The van der Waals surface area contributed by atoms with Crippen LogP contribution in [0.3, 0.4) is 0 Å². The van der Waals surface area contributed by atoms with E-state index in [0.717, 1.165) is 18.5 Å². The lowest BCUT2D eigenvalue weighted by Gasteiger charge is -2.11. The zero-order valence-corrected chi connectivity index (χ0v) is 15.1. The molecule has 0 bridgehead atoms. The Bertz CT molecular complexity index is 827. The standard InChI is InChI=1S/C22H23NS/c1-3-6-20(23)15-19-7-4-8-21(16(19)2)17-10-12-18(13-11-17)22-9-5-14-24-22/h4-5,7-15H,3,6,23H2,1-2H3/b20-15-. The van der Waals surface area contributed by atoms with Crippen LogP contribution < -0.4 is 5.73 Å². The molecule has 2 heteroatoms. The molecule has 0 saturated heterocycles. The van der Waals surface area contributed by atoms with Crippen molar-refractivity contribution in [2.45, 2.75) is 26.7 Å². The summed E-state index contributed by atoms with van der Waals surface area (Å²) in [5, 5.41) is 2.11. The van der Waals surface area contributed by atoms with Gasteiger partial charge in [-0.25, -0.2) is 0 Å². The summed E-state index contributed by atoms with van der Waals surface area (Å²) in [4.78, 5) is 1.31. The highest BCUT2D eigenvalue weighted by atomic mass is 32.1. The van der Waals surface area contributed by atoms with E-state index in [1.807, 2.05) is 0 Å². The lowest BCUT2D eigenvalue weighted by atomic mass is 9.95. The number of rotatable bonds is 5. The number of hydrogen-bond donors (Lipinski definition) is 1. The van der Waals surface area contributed by atoms with E-state index in [2.05, 4.69) is 79.9 Å². The van der Waals surface area contributed by atoms with Crippen molar-refractivity contribution in [1.29, 1.82) is 0 Å². The molecule has 3 aromatic rings. The quantitative estimate of drug-likeness (QED) is 0.567. The molecule has 2 aromatic carbocycles. The summed E-state index contributed by atoms with van der Waals surface area (Å²) >= 11 is 1.77. The first kappa shape index (κ1) is 16.5. The molecular weight excluding hydrogens is 310 g/mol. The second kappa shape index (κ2) is 7.50. The molecule has 1 aromatic heterocycles. The van der Waals surface area contributed by atoms with Gasteiger partial charge in [0.2, 0.25) is 0 Å². The van der Waals surface area contributed by atoms with E-state index in [1.165, 1.54) is 32.7 Å². The van der Waals surface area contributed by atoms with Crippen LogP contribution in [0.15, 0.2) is 65.7 Å². The summed E-state index contributed by atoms with van der Waals surface area (Å²) in [5.41, 5.74) is 13.3. The predicted octanol–water partition coefficient (Wildman–Crippen LogP) is 6.49. The minimum absolute atomic E-state index is 0.944. The molecular formula is C22H23NS. The maximum Gasteiger partial charge on any atom is 0.0342 e. The highest BCUT2D eigenvalue weighted by molar-refractivity contribution is 7.13. The first-order chi connectivity index (χ1) is 11.7. The van der Waals surface area contributed by atoms with Crippen molar-refractivity contribution < 1.29 is 0 Å². The van der Waals surface area contributed by atoms with Crippen LogP contribution in [0, 0.1) is 6.92 Å². The highest BCUT2D eigenvalue weighted by Gasteiger charge is 2.06. The molecule has 24 heavy (non-hydrogen) atoms. The monoisotopic (exact) mass is 333 g/mol. The molecule has 0 unspecified atom stereocenters. The number of thiophene rings is 1. The molecule has 0 saturated carbocycles. The van der Waals surface area contributed by atoms with Gasteiger partial charge in [0, 0.05) is 10.6 Å². The van der Waals surface area contributed by atoms with Gasteiger partial charge in [-0.3, -0.25) is 0 Å². The average Bonchev–Trinajstić information content (AvgIpc) is 3.12. The Hall–Kier alpha value is -2.32. The van der Waals surface area contributed by atoms with Crippen LogP contribution in [-0.2, 0) is 0 Å². The summed E-state index contributed by atoms with van der Waals surface area (Å²) in [7, 11) is 0. The smallest absolute Gasteiger partial charge is 0.0342 e. The van der Waals surface area contributed by atoms with E-state index in [0.29, 0.717) is 0 Å². The van der Waals surface area contributed by atoms with Gasteiger partial charge in [0.15, 0.2) is 0 Å². The van der Waals surface area contributed by atoms with Gasteiger partial charge in [-0.1, -0.05) is 61.9 Å². The second-order valence-corrected chi connectivity index (χ2v) is 6.99. The molecule has 0 aliphatic rings. The van der Waals surface area contributed by atoms with E-state index in [1.54, 1.807) is 11.3 Å². The van der Waals surface area contributed by atoms with Crippen LogP contribution >= 0.6 is 11.3 Å². The maximum absolute atomic E-state index is 6.11. The van der Waals surface area contributed by atoms with Gasteiger partial charge in [0.1, 0.15) is 0 Å². The molecule has 0 aliphatic heterocycles. The summed E-state index contributed by atoms with van der Waals surface area (Å²) in [6.45, 7) is 4.33. The van der Waals surface area contributed by atoms with Gasteiger partial charge in [-0.15, -0.1) is 11.3 Å². The number of nitrogens with two attached hydrogens (primary N) is 1. The van der Waals surface area contributed by atoms with E-state index in [9.17, 15) is 0 Å².